The van der Waals surface area contributed by atoms with E-state index in [4.69, 9.17) is 0 Å². The Hall–Kier alpha value is -2.46. The molecule has 0 amide bonds. The van der Waals surface area contributed by atoms with Gasteiger partial charge < -0.3 is 4.90 Å². The maximum atomic E-state index is 13.2. The first-order valence-corrected chi connectivity index (χ1v) is 9.03. The van der Waals surface area contributed by atoms with Gasteiger partial charge >= 0.3 is 0 Å². The van der Waals surface area contributed by atoms with Crippen molar-refractivity contribution in [1.82, 2.24) is 15.1 Å². The molecule has 1 fully saturated rings. The van der Waals surface area contributed by atoms with E-state index in [1.54, 1.807) is 0 Å². The molecule has 0 saturated carbocycles. The number of nitrogens with zero attached hydrogens (tertiary/aromatic N) is 2. The van der Waals surface area contributed by atoms with E-state index in [9.17, 15) is 4.79 Å². The molecule has 0 aliphatic carbocycles. The minimum atomic E-state index is 0.101. The molecule has 4 nitrogen and oxygen atoms in total. The van der Waals surface area contributed by atoms with E-state index in [2.05, 4.69) is 33.3 Å². The van der Waals surface area contributed by atoms with Gasteiger partial charge in [0.2, 0.25) is 0 Å². The summed E-state index contributed by atoms with van der Waals surface area (Å²) in [5.41, 5.74) is 2.10. The van der Waals surface area contributed by atoms with Crippen molar-refractivity contribution < 1.29 is 4.79 Å². The zero-order chi connectivity index (χ0) is 17.1. The van der Waals surface area contributed by atoms with E-state index < -0.39 is 0 Å². The molecule has 4 rings (SSSR count). The van der Waals surface area contributed by atoms with Crippen LogP contribution in [0.3, 0.4) is 0 Å². The van der Waals surface area contributed by atoms with E-state index in [1.165, 1.54) is 5.56 Å². The summed E-state index contributed by atoms with van der Waals surface area (Å²) in [5, 5.41) is 9.07. The fraction of sp³-hybridized carbons (Fsp3) is 0.333. The number of H-pyrrole nitrogens is 1. The van der Waals surface area contributed by atoms with Crippen LogP contribution in [0.4, 0.5) is 0 Å². The first-order valence-electron chi connectivity index (χ1n) is 9.03. The highest BCUT2D eigenvalue weighted by Crippen LogP contribution is 2.26. The molecule has 2 heterocycles. The number of rotatable bonds is 5. The fourth-order valence-electron chi connectivity index (χ4n) is 3.83. The summed E-state index contributed by atoms with van der Waals surface area (Å²) in [5.74, 6) is 0.397. The van der Waals surface area contributed by atoms with Crippen molar-refractivity contribution in [3.8, 4) is 0 Å². The van der Waals surface area contributed by atoms with Crippen molar-refractivity contribution in [2.75, 3.05) is 19.6 Å². The minimum Gasteiger partial charge on any atom is -0.302 e. The van der Waals surface area contributed by atoms with Crippen LogP contribution in [-0.4, -0.2) is 40.5 Å². The molecule has 2 aromatic carbocycles. The van der Waals surface area contributed by atoms with Crippen LogP contribution in [-0.2, 0) is 6.42 Å². The van der Waals surface area contributed by atoms with Crippen molar-refractivity contribution in [2.45, 2.75) is 19.3 Å². The monoisotopic (exact) mass is 333 g/mol. The standard InChI is InChI=1S/C21H23N3O/c25-21(20-9-3-6-17-5-1-2-8-19(17)20)18-7-4-11-24(15-18)12-10-16-13-22-23-14-16/h1-3,5-6,8-9,13-14,18H,4,7,10-12,15H2,(H,22,23). The summed E-state index contributed by atoms with van der Waals surface area (Å²) in [7, 11) is 0. The van der Waals surface area contributed by atoms with Crippen molar-refractivity contribution in [3.05, 3.63) is 66.0 Å². The topological polar surface area (TPSA) is 49.0 Å². The number of hydrogen-bond donors (Lipinski definition) is 1. The number of hydrogen-bond acceptors (Lipinski definition) is 3. The number of likely N-dealkylation sites (tertiary alicyclic amines) is 1. The molecular formula is C21H23N3O. The van der Waals surface area contributed by atoms with Crippen LogP contribution in [0.1, 0.15) is 28.8 Å². The van der Waals surface area contributed by atoms with Crippen LogP contribution in [0.2, 0.25) is 0 Å². The minimum absolute atomic E-state index is 0.101. The Morgan fingerprint density at radius 3 is 2.96 bits per heavy atom. The quantitative estimate of drug-likeness (QED) is 0.724. The SMILES string of the molecule is O=C(c1cccc2ccccc12)C1CCCN(CCc2cn[nH]c2)C1. The zero-order valence-electron chi connectivity index (χ0n) is 14.3. The predicted octanol–water partition coefficient (Wildman–Crippen LogP) is 3.70. The van der Waals surface area contributed by atoms with Crippen molar-refractivity contribution in [2.24, 2.45) is 5.92 Å². The molecule has 128 valence electrons. The second-order valence-electron chi connectivity index (χ2n) is 6.89. The molecule has 3 aromatic rings. The summed E-state index contributed by atoms with van der Waals surface area (Å²) >= 11 is 0. The number of Topliss-reactive ketones (excluding diaryl/α,β-unsaturated/α-hetero) is 1. The van der Waals surface area contributed by atoms with Crippen LogP contribution in [0.15, 0.2) is 54.9 Å². The molecule has 1 aromatic heterocycles. The number of benzene rings is 2. The lowest BCUT2D eigenvalue weighted by atomic mass is 9.88. The van der Waals surface area contributed by atoms with E-state index in [1.807, 2.05) is 36.7 Å². The molecule has 1 N–H and O–H groups in total. The number of fused-ring (bicyclic) bond motifs is 1. The van der Waals surface area contributed by atoms with E-state index >= 15 is 0 Å². The highest BCUT2D eigenvalue weighted by atomic mass is 16.1. The third-order valence-corrected chi connectivity index (χ3v) is 5.20. The maximum absolute atomic E-state index is 13.2. The van der Waals surface area contributed by atoms with Gasteiger partial charge in [0.1, 0.15) is 0 Å². The number of aromatic amines is 1. The number of ketones is 1. The lowest BCUT2D eigenvalue weighted by Crippen LogP contribution is -2.39. The maximum Gasteiger partial charge on any atom is 0.167 e. The van der Waals surface area contributed by atoms with E-state index in [-0.39, 0.29) is 5.92 Å². The van der Waals surface area contributed by atoms with Gasteiger partial charge in [-0.05, 0) is 42.1 Å². The highest BCUT2D eigenvalue weighted by molar-refractivity contribution is 6.09. The Kier molecular flexibility index (Phi) is 4.61. The van der Waals surface area contributed by atoms with Gasteiger partial charge in [-0.2, -0.15) is 5.10 Å². The van der Waals surface area contributed by atoms with Gasteiger partial charge in [-0.1, -0.05) is 42.5 Å². The lowest BCUT2D eigenvalue weighted by Gasteiger charge is -2.32. The highest BCUT2D eigenvalue weighted by Gasteiger charge is 2.27. The Balaban J connectivity index is 1.47. The van der Waals surface area contributed by atoms with E-state index in [0.29, 0.717) is 5.78 Å². The fourth-order valence-corrected chi connectivity index (χ4v) is 3.83. The van der Waals surface area contributed by atoms with Gasteiger partial charge in [0, 0.05) is 30.8 Å². The molecule has 25 heavy (non-hydrogen) atoms. The van der Waals surface area contributed by atoms with Crippen LogP contribution < -0.4 is 0 Å². The Labute approximate surface area is 147 Å². The molecule has 1 unspecified atom stereocenters. The Bertz CT molecular complexity index is 851. The summed E-state index contributed by atoms with van der Waals surface area (Å²) < 4.78 is 0. The molecule has 1 aliphatic heterocycles. The summed E-state index contributed by atoms with van der Waals surface area (Å²) in [4.78, 5) is 15.6. The normalized spacial score (nSPS) is 18.5. The van der Waals surface area contributed by atoms with Gasteiger partial charge in [-0.25, -0.2) is 0 Å². The van der Waals surface area contributed by atoms with Crippen molar-refractivity contribution in [3.63, 3.8) is 0 Å². The molecule has 1 saturated heterocycles. The average molecular weight is 333 g/mol. The third-order valence-electron chi connectivity index (χ3n) is 5.20. The van der Waals surface area contributed by atoms with Crippen molar-refractivity contribution >= 4 is 16.6 Å². The lowest BCUT2D eigenvalue weighted by molar-refractivity contribution is 0.0823. The molecule has 0 radical (unpaired) electrons. The van der Waals surface area contributed by atoms with Gasteiger partial charge in [0.25, 0.3) is 0 Å². The predicted molar refractivity (Wildman–Crippen MR) is 99.7 cm³/mol. The first kappa shape index (κ1) is 16.0. The molecular weight excluding hydrogens is 310 g/mol. The third kappa shape index (κ3) is 3.49. The average Bonchev–Trinajstić information content (AvgIpc) is 3.19. The van der Waals surface area contributed by atoms with Crippen LogP contribution in [0, 0.1) is 5.92 Å². The Morgan fingerprint density at radius 2 is 2.08 bits per heavy atom. The zero-order valence-corrected chi connectivity index (χ0v) is 14.3. The summed E-state index contributed by atoms with van der Waals surface area (Å²) in [6.45, 7) is 2.93. The molecule has 0 bridgehead atoms. The second kappa shape index (κ2) is 7.19. The number of carbonyl (C=O) groups excluding carboxylic acids is 1. The molecule has 4 heteroatoms. The number of piperidine rings is 1. The first-order chi connectivity index (χ1) is 12.3. The van der Waals surface area contributed by atoms with Crippen molar-refractivity contribution in [1.29, 1.82) is 0 Å². The smallest absolute Gasteiger partial charge is 0.167 e. The van der Waals surface area contributed by atoms with Gasteiger partial charge in [0.15, 0.2) is 5.78 Å². The number of aromatic nitrogens is 2. The van der Waals surface area contributed by atoms with Crippen LogP contribution in [0.5, 0.6) is 0 Å². The summed E-state index contributed by atoms with van der Waals surface area (Å²) in [6, 6.07) is 14.2. The van der Waals surface area contributed by atoms with Crippen LogP contribution >= 0.6 is 0 Å². The van der Waals surface area contributed by atoms with Gasteiger partial charge in [-0.3, -0.25) is 9.89 Å². The van der Waals surface area contributed by atoms with Crippen LogP contribution in [0.25, 0.3) is 10.8 Å². The molecule has 1 atom stereocenters. The largest absolute Gasteiger partial charge is 0.302 e. The second-order valence-corrected chi connectivity index (χ2v) is 6.89. The molecule has 1 aliphatic rings. The Morgan fingerprint density at radius 1 is 1.20 bits per heavy atom. The number of nitrogens with one attached hydrogen (secondary N) is 1. The van der Waals surface area contributed by atoms with Gasteiger partial charge in [0.05, 0.1) is 6.20 Å². The van der Waals surface area contributed by atoms with E-state index in [0.717, 1.165) is 55.2 Å². The summed E-state index contributed by atoms with van der Waals surface area (Å²) in [6.07, 6.45) is 6.88. The van der Waals surface area contributed by atoms with Gasteiger partial charge in [-0.15, -0.1) is 0 Å². The molecule has 0 spiro atoms. The number of carbonyl (C=O) groups is 1.